The monoisotopic (exact) mass is 474 g/mol. The Bertz CT molecular complexity index is 1080. The third-order valence-electron chi connectivity index (χ3n) is 6.36. The van der Waals surface area contributed by atoms with Gasteiger partial charge in [0.05, 0.1) is 12.7 Å². The molecule has 1 aliphatic rings. The first kappa shape index (κ1) is 24.8. The first-order chi connectivity index (χ1) is 17.1. The van der Waals surface area contributed by atoms with E-state index in [4.69, 9.17) is 9.47 Å². The molecule has 1 heterocycles. The molecule has 0 aliphatic carbocycles. The molecular weight excluding hydrogens is 440 g/mol. The van der Waals surface area contributed by atoms with Gasteiger partial charge in [-0.05, 0) is 36.2 Å². The zero-order chi connectivity index (χ0) is 24.5. The van der Waals surface area contributed by atoms with E-state index in [1.54, 1.807) is 19.2 Å². The molecule has 0 radical (unpaired) electrons. The summed E-state index contributed by atoms with van der Waals surface area (Å²) in [4.78, 5) is 17.4. The fourth-order valence-corrected chi connectivity index (χ4v) is 4.39. The maximum absolute atomic E-state index is 12.8. The van der Waals surface area contributed by atoms with Crippen molar-refractivity contribution in [3.05, 3.63) is 90.0 Å². The predicted molar refractivity (Wildman–Crippen MR) is 139 cm³/mol. The lowest BCUT2D eigenvalue weighted by atomic mass is 10.0. The summed E-state index contributed by atoms with van der Waals surface area (Å²) in [6, 6.07) is 25.4. The van der Waals surface area contributed by atoms with Crippen molar-refractivity contribution in [2.45, 2.75) is 18.9 Å². The standard InChI is InChI=1S/C29H34N2O4/c1-34-26-11-7-10-24(20-26)31-18-16-30(17-19-31)21-25(32)22-35-29-13-6-5-12-27(29)28(33)15-14-23-8-3-2-4-9-23/h2-13,20,25,32H,14-19,21-22H2,1H3/t25-/m1/s1. The van der Waals surface area contributed by atoms with Crippen molar-refractivity contribution in [1.29, 1.82) is 0 Å². The van der Waals surface area contributed by atoms with Crippen LogP contribution in [0, 0.1) is 0 Å². The van der Waals surface area contributed by atoms with Gasteiger partial charge in [0.25, 0.3) is 0 Å². The highest BCUT2D eigenvalue weighted by Crippen LogP contribution is 2.23. The Hall–Kier alpha value is -3.35. The largest absolute Gasteiger partial charge is 0.497 e. The van der Waals surface area contributed by atoms with E-state index in [2.05, 4.69) is 21.9 Å². The first-order valence-corrected chi connectivity index (χ1v) is 12.2. The molecule has 184 valence electrons. The number of aliphatic hydroxyl groups is 1. The Morgan fingerprint density at radius 2 is 1.69 bits per heavy atom. The summed E-state index contributed by atoms with van der Waals surface area (Å²) in [6.45, 7) is 4.19. The first-order valence-electron chi connectivity index (χ1n) is 12.2. The van der Waals surface area contributed by atoms with Gasteiger partial charge >= 0.3 is 0 Å². The van der Waals surface area contributed by atoms with Crippen LogP contribution in [0.15, 0.2) is 78.9 Å². The highest BCUT2D eigenvalue weighted by molar-refractivity contribution is 5.98. The number of ketones is 1. The van der Waals surface area contributed by atoms with E-state index in [9.17, 15) is 9.90 Å². The van der Waals surface area contributed by atoms with Crippen LogP contribution < -0.4 is 14.4 Å². The second-order valence-electron chi connectivity index (χ2n) is 8.86. The fraction of sp³-hybridized carbons (Fsp3) is 0.345. The minimum Gasteiger partial charge on any atom is -0.497 e. The Balaban J connectivity index is 1.24. The molecule has 1 fully saturated rings. The van der Waals surface area contributed by atoms with Crippen LogP contribution in [0.1, 0.15) is 22.3 Å². The van der Waals surface area contributed by atoms with Crippen LogP contribution in [0.4, 0.5) is 5.69 Å². The summed E-state index contributed by atoms with van der Waals surface area (Å²) in [6.07, 6.45) is 0.480. The van der Waals surface area contributed by atoms with Gasteiger partial charge in [0.15, 0.2) is 5.78 Å². The smallest absolute Gasteiger partial charge is 0.166 e. The minimum absolute atomic E-state index is 0.0487. The molecule has 3 aromatic carbocycles. The number of benzene rings is 3. The van der Waals surface area contributed by atoms with Gasteiger partial charge in [-0.2, -0.15) is 0 Å². The molecule has 1 N–H and O–H groups in total. The van der Waals surface area contributed by atoms with Gasteiger partial charge in [-0.3, -0.25) is 9.69 Å². The summed E-state index contributed by atoms with van der Waals surface area (Å²) in [5, 5.41) is 10.6. The summed E-state index contributed by atoms with van der Waals surface area (Å²) < 4.78 is 11.2. The zero-order valence-corrected chi connectivity index (χ0v) is 20.3. The van der Waals surface area contributed by atoms with E-state index in [-0.39, 0.29) is 12.4 Å². The van der Waals surface area contributed by atoms with Gasteiger partial charge < -0.3 is 19.5 Å². The second-order valence-corrected chi connectivity index (χ2v) is 8.86. The molecule has 6 nitrogen and oxygen atoms in total. The van der Waals surface area contributed by atoms with Crippen molar-refractivity contribution in [3.8, 4) is 11.5 Å². The lowest BCUT2D eigenvalue weighted by Crippen LogP contribution is -2.49. The van der Waals surface area contributed by atoms with E-state index in [1.165, 1.54) is 0 Å². The van der Waals surface area contributed by atoms with E-state index < -0.39 is 6.10 Å². The number of carbonyl (C=O) groups is 1. The normalized spacial score (nSPS) is 15.0. The van der Waals surface area contributed by atoms with Crippen LogP contribution >= 0.6 is 0 Å². The third-order valence-corrected chi connectivity index (χ3v) is 6.36. The van der Waals surface area contributed by atoms with Crippen molar-refractivity contribution >= 4 is 11.5 Å². The Labute approximate surface area is 207 Å². The number of anilines is 1. The van der Waals surface area contributed by atoms with E-state index in [0.29, 0.717) is 30.7 Å². The number of rotatable bonds is 11. The SMILES string of the molecule is COc1cccc(N2CCN(C[C@@H](O)COc3ccccc3C(=O)CCc3ccccc3)CC2)c1. The van der Waals surface area contributed by atoms with Crippen molar-refractivity contribution < 1.29 is 19.4 Å². The highest BCUT2D eigenvalue weighted by Gasteiger charge is 2.21. The molecule has 6 heteroatoms. The lowest BCUT2D eigenvalue weighted by Gasteiger charge is -2.37. The number of piperazine rings is 1. The number of para-hydroxylation sites is 1. The average molecular weight is 475 g/mol. The number of β-amino-alcohol motifs (C(OH)–C–C–N with tert-alkyl or cyclic N) is 1. The van der Waals surface area contributed by atoms with Crippen molar-refractivity contribution in [3.63, 3.8) is 0 Å². The maximum atomic E-state index is 12.8. The number of Topliss-reactive ketones (excluding diaryl/α,β-unsaturated/α-hetero) is 1. The van der Waals surface area contributed by atoms with E-state index in [1.807, 2.05) is 54.6 Å². The Kier molecular flexibility index (Phi) is 8.76. The summed E-state index contributed by atoms with van der Waals surface area (Å²) in [5.74, 6) is 1.44. The summed E-state index contributed by atoms with van der Waals surface area (Å²) in [7, 11) is 1.68. The molecule has 4 rings (SSSR count). The number of nitrogens with zero attached hydrogens (tertiary/aromatic N) is 2. The van der Waals surface area contributed by atoms with Crippen molar-refractivity contribution in [2.24, 2.45) is 0 Å². The fourth-order valence-electron chi connectivity index (χ4n) is 4.39. The molecule has 1 atom stereocenters. The summed E-state index contributed by atoms with van der Waals surface area (Å²) in [5.41, 5.74) is 2.87. The zero-order valence-electron chi connectivity index (χ0n) is 20.3. The molecule has 0 aromatic heterocycles. The Morgan fingerprint density at radius 3 is 2.46 bits per heavy atom. The van der Waals surface area contributed by atoms with Gasteiger partial charge in [0.2, 0.25) is 0 Å². The van der Waals surface area contributed by atoms with Gasteiger partial charge in [0, 0.05) is 50.9 Å². The number of ether oxygens (including phenoxy) is 2. The third kappa shape index (κ3) is 7.07. The van der Waals surface area contributed by atoms with Gasteiger partial charge in [0.1, 0.15) is 24.2 Å². The van der Waals surface area contributed by atoms with E-state index >= 15 is 0 Å². The maximum Gasteiger partial charge on any atom is 0.166 e. The molecule has 35 heavy (non-hydrogen) atoms. The predicted octanol–water partition coefficient (Wildman–Crippen LogP) is 4.07. The van der Waals surface area contributed by atoms with E-state index in [0.717, 1.165) is 43.2 Å². The molecule has 0 unspecified atom stereocenters. The number of aryl methyl sites for hydroxylation is 1. The van der Waals surface area contributed by atoms with Gasteiger partial charge in [-0.1, -0.05) is 48.5 Å². The minimum atomic E-state index is -0.633. The number of methoxy groups -OCH3 is 1. The molecular formula is C29H34N2O4. The van der Waals surface area contributed by atoms with Gasteiger partial charge in [-0.15, -0.1) is 0 Å². The number of hydrogen-bond acceptors (Lipinski definition) is 6. The quantitative estimate of drug-likeness (QED) is 0.423. The van der Waals surface area contributed by atoms with Crippen LogP contribution in [0.25, 0.3) is 0 Å². The van der Waals surface area contributed by atoms with Crippen molar-refractivity contribution in [1.82, 2.24) is 4.90 Å². The topological polar surface area (TPSA) is 62.2 Å². The molecule has 0 amide bonds. The number of aliphatic hydroxyl groups excluding tert-OH is 1. The molecule has 0 saturated carbocycles. The average Bonchev–Trinajstić information content (AvgIpc) is 2.92. The van der Waals surface area contributed by atoms with Crippen LogP contribution in [0.2, 0.25) is 0 Å². The molecule has 1 aliphatic heterocycles. The van der Waals surface area contributed by atoms with Crippen LogP contribution in [0.5, 0.6) is 11.5 Å². The molecule has 0 bridgehead atoms. The van der Waals surface area contributed by atoms with Gasteiger partial charge in [-0.25, -0.2) is 0 Å². The van der Waals surface area contributed by atoms with Crippen molar-refractivity contribution in [2.75, 3.05) is 51.3 Å². The molecule has 1 saturated heterocycles. The summed E-state index contributed by atoms with van der Waals surface area (Å²) >= 11 is 0. The second kappa shape index (κ2) is 12.4. The highest BCUT2D eigenvalue weighted by atomic mass is 16.5. The van der Waals surface area contributed by atoms with Crippen LogP contribution in [0.3, 0.4) is 0 Å². The van der Waals surface area contributed by atoms with Crippen LogP contribution in [-0.2, 0) is 6.42 Å². The number of hydrogen-bond donors (Lipinski definition) is 1. The number of carbonyl (C=O) groups excluding carboxylic acids is 1. The Morgan fingerprint density at radius 1 is 0.943 bits per heavy atom. The molecule has 3 aromatic rings. The molecule has 0 spiro atoms. The van der Waals surface area contributed by atoms with Crippen LogP contribution in [-0.4, -0.2) is 68.3 Å². The lowest BCUT2D eigenvalue weighted by molar-refractivity contribution is 0.0655.